The average Bonchev–Trinajstić information content (AvgIpc) is 3.32. The number of pyridine rings is 1. The van der Waals surface area contributed by atoms with Gasteiger partial charge in [-0.05, 0) is 24.5 Å². The molecule has 5 aromatic heterocycles. The number of hydrogen-bond donors (Lipinski definition) is 2. The van der Waals surface area contributed by atoms with Gasteiger partial charge in [0.25, 0.3) is 5.56 Å². The highest BCUT2D eigenvalue weighted by atomic mass is 19.4. The molecule has 196 valence electrons. The summed E-state index contributed by atoms with van der Waals surface area (Å²) in [6.45, 7) is -1.86. The molecule has 16 heteroatoms. The van der Waals surface area contributed by atoms with Crippen molar-refractivity contribution in [1.29, 1.82) is 0 Å². The molecule has 5 aromatic rings. The molecule has 5 heterocycles. The summed E-state index contributed by atoms with van der Waals surface area (Å²) in [6.07, 6.45) is -4.22. The Kier molecular flexibility index (Phi) is 5.02. The molecule has 1 unspecified atom stereocenters. The maximum atomic E-state index is 13.4. The van der Waals surface area contributed by atoms with Crippen LogP contribution in [0, 0.1) is 0 Å². The summed E-state index contributed by atoms with van der Waals surface area (Å²) in [5.41, 5.74) is -0.252. The van der Waals surface area contributed by atoms with Gasteiger partial charge in [-0.25, -0.2) is 19.3 Å². The molecule has 0 bridgehead atoms. The lowest BCUT2D eigenvalue weighted by molar-refractivity contribution is -0.160. The Labute approximate surface area is 206 Å². The zero-order chi connectivity index (χ0) is 27.0. The summed E-state index contributed by atoms with van der Waals surface area (Å²) in [6, 6.07) is 2.82. The third-order valence-electron chi connectivity index (χ3n) is 6.30. The highest BCUT2D eigenvalue weighted by Crippen LogP contribution is 2.55. The summed E-state index contributed by atoms with van der Waals surface area (Å²) < 4.78 is 81.2. The molecule has 1 saturated carbocycles. The van der Waals surface area contributed by atoms with E-state index in [1.54, 1.807) is 12.3 Å². The predicted molar refractivity (Wildman–Crippen MR) is 118 cm³/mol. The molecule has 1 fully saturated rings. The molecular weight excluding hydrogens is 522 g/mol. The molecule has 0 saturated heterocycles. The van der Waals surface area contributed by atoms with Crippen molar-refractivity contribution < 1.29 is 26.3 Å². The summed E-state index contributed by atoms with van der Waals surface area (Å²) in [4.78, 5) is 40.0. The van der Waals surface area contributed by atoms with Crippen LogP contribution >= 0.6 is 0 Å². The van der Waals surface area contributed by atoms with Crippen LogP contribution in [0.3, 0.4) is 0 Å². The third kappa shape index (κ3) is 4.10. The third-order valence-corrected chi connectivity index (χ3v) is 6.30. The Morgan fingerprint density at radius 3 is 2.55 bits per heavy atom. The number of nitrogens with one attached hydrogen (secondary N) is 2. The summed E-state index contributed by atoms with van der Waals surface area (Å²) in [5.74, 6) is -2.25. The van der Waals surface area contributed by atoms with Crippen LogP contribution in [0.15, 0.2) is 46.5 Å². The Morgan fingerprint density at radius 2 is 1.84 bits per heavy atom. The normalized spacial score (nSPS) is 17.9. The Morgan fingerprint density at radius 1 is 1.05 bits per heavy atom. The van der Waals surface area contributed by atoms with Crippen molar-refractivity contribution in [1.82, 2.24) is 39.1 Å². The second-order valence-electron chi connectivity index (χ2n) is 8.85. The van der Waals surface area contributed by atoms with Crippen molar-refractivity contribution in [3.63, 3.8) is 0 Å². The maximum absolute atomic E-state index is 13.4. The number of nitrogens with zero attached hydrogens (tertiary/aromatic N) is 6. The summed E-state index contributed by atoms with van der Waals surface area (Å²) in [7, 11) is 0. The van der Waals surface area contributed by atoms with Gasteiger partial charge < -0.3 is 9.55 Å². The molecule has 2 atom stereocenters. The molecule has 2 N–H and O–H groups in total. The molecule has 38 heavy (non-hydrogen) atoms. The summed E-state index contributed by atoms with van der Waals surface area (Å²) in [5, 5.41) is 4.35. The number of H-pyrrole nitrogens is 2. The van der Waals surface area contributed by atoms with E-state index in [2.05, 4.69) is 30.0 Å². The lowest BCUT2D eigenvalue weighted by atomic mass is 10.1. The highest BCUT2D eigenvalue weighted by molar-refractivity contribution is 5.76. The molecule has 0 spiro atoms. The molecule has 0 aliphatic heterocycles. The van der Waals surface area contributed by atoms with Crippen molar-refractivity contribution in [3.05, 3.63) is 74.8 Å². The first-order valence-corrected chi connectivity index (χ1v) is 11.1. The van der Waals surface area contributed by atoms with Gasteiger partial charge in [0.05, 0.1) is 23.0 Å². The van der Waals surface area contributed by atoms with Crippen LogP contribution in [-0.4, -0.2) is 45.3 Å². The van der Waals surface area contributed by atoms with E-state index in [0.717, 1.165) is 6.20 Å². The van der Waals surface area contributed by atoms with Gasteiger partial charge >= 0.3 is 18.0 Å². The van der Waals surface area contributed by atoms with Crippen molar-refractivity contribution in [2.45, 2.75) is 37.2 Å². The van der Waals surface area contributed by atoms with Gasteiger partial charge in [0.2, 0.25) is 5.82 Å². The van der Waals surface area contributed by atoms with Crippen molar-refractivity contribution in [3.8, 4) is 11.3 Å². The van der Waals surface area contributed by atoms with Gasteiger partial charge in [-0.15, -0.1) is 0 Å². The van der Waals surface area contributed by atoms with E-state index in [1.807, 2.05) is 0 Å². The first kappa shape index (κ1) is 23.9. The average molecular weight is 536 g/mol. The standard InChI is InChI=1S/C22H14F6N8O2/c23-21(24,25)8-35-16-5-13(30-7-15(16)32-19(35)22(26,27)28)10-3-9(10)11-4-14(34-36-2-1-29-17(11)36)12-6-31-20(38)33-18(12)37/h1-2,4-7,9-10H,3,8H2,(H2,31,33,37,38)/t9?,10-/m0/s1. The van der Waals surface area contributed by atoms with Crippen LogP contribution in [0.25, 0.3) is 27.9 Å². The summed E-state index contributed by atoms with van der Waals surface area (Å²) >= 11 is 0. The molecule has 1 aliphatic carbocycles. The van der Waals surface area contributed by atoms with Crippen LogP contribution in [0.1, 0.15) is 35.3 Å². The van der Waals surface area contributed by atoms with Gasteiger partial charge in [-0.3, -0.25) is 14.8 Å². The predicted octanol–water partition coefficient (Wildman–Crippen LogP) is 3.37. The number of halogens is 6. The van der Waals surface area contributed by atoms with E-state index in [-0.39, 0.29) is 38.7 Å². The lowest BCUT2D eigenvalue weighted by Gasteiger charge is -2.13. The minimum Gasteiger partial charge on any atom is -0.313 e. The zero-order valence-electron chi connectivity index (χ0n) is 18.8. The van der Waals surface area contributed by atoms with Crippen LogP contribution in [0.5, 0.6) is 0 Å². The molecular formula is C22H14F6N8O2. The Bertz CT molecular complexity index is 1830. The number of fused-ring (bicyclic) bond motifs is 2. The van der Waals surface area contributed by atoms with Crippen LogP contribution < -0.4 is 11.2 Å². The topological polar surface area (TPSA) is 127 Å². The largest absolute Gasteiger partial charge is 0.449 e. The smallest absolute Gasteiger partial charge is 0.313 e. The quantitative estimate of drug-likeness (QED) is 0.339. The van der Waals surface area contributed by atoms with Gasteiger partial charge in [-0.1, -0.05) is 0 Å². The van der Waals surface area contributed by atoms with Gasteiger partial charge in [0.15, 0.2) is 5.65 Å². The number of aromatic nitrogens is 8. The highest BCUT2D eigenvalue weighted by Gasteiger charge is 2.44. The van der Waals surface area contributed by atoms with Crippen LogP contribution in [-0.2, 0) is 12.7 Å². The Balaban J connectivity index is 1.42. The van der Waals surface area contributed by atoms with E-state index < -0.39 is 36.0 Å². The second-order valence-corrected chi connectivity index (χ2v) is 8.85. The minimum atomic E-state index is -5.09. The lowest BCUT2D eigenvalue weighted by Crippen LogP contribution is -2.23. The van der Waals surface area contributed by atoms with Crippen molar-refractivity contribution in [2.24, 2.45) is 0 Å². The fraction of sp³-hybridized carbons (Fsp3) is 0.273. The van der Waals surface area contributed by atoms with E-state index in [4.69, 9.17) is 0 Å². The molecule has 0 radical (unpaired) electrons. The van der Waals surface area contributed by atoms with Gasteiger partial charge in [-0.2, -0.15) is 31.4 Å². The maximum Gasteiger partial charge on any atom is 0.449 e. The van der Waals surface area contributed by atoms with E-state index in [9.17, 15) is 35.9 Å². The fourth-order valence-corrected chi connectivity index (χ4v) is 4.61. The molecule has 6 rings (SSSR count). The monoisotopic (exact) mass is 536 g/mol. The number of imidazole rings is 2. The molecule has 1 aliphatic rings. The molecule has 0 amide bonds. The SMILES string of the molecule is O=c1[nH]cc(-c2cc(C3C[C@@H]3c3cc4c(cn3)nc(C(F)(F)F)n4CC(F)(F)F)c3nccn3n2)c(=O)[nH]1. The van der Waals surface area contributed by atoms with E-state index >= 15 is 0 Å². The number of alkyl halides is 6. The Hall–Kier alpha value is -4.50. The van der Waals surface area contributed by atoms with Crippen LogP contribution in [0.2, 0.25) is 0 Å². The van der Waals surface area contributed by atoms with Crippen molar-refractivity contribution in [2.75, 3.05) is 0 Å². The number of rotatable bonds is 4. The number of aromatic amines is 2. The second kappa shape index (κ2) is 8.00. The van der Waals surface area contributed by atoms with Crippen LogP contribution in [0.4, 0.5) is 26.3 Å². The van der Waals surface area contributed by atoms with E-state index in [1.165, 1.54) is 23.0 Å². The molecule has 10 nitrogen and oxygen atoms in total. The minimum absolute atomic E-state index is 0.0916. The fourth-order valence-electron chi connectivity index (χ4n) is 4.61. The molecule has 0 aromatic carbocycles. The zero-order valence-corrected chi connectivity index (χ0v) is 18.8. The van der Waals surface area contributed by atoms with Crippen molar-refractivity contribution >= 4 is 16.7 Å². The first-order chi connectivity index (χ1) is 17.9. The van der Waals surface area contributed by atoms with Gasteiger partial charge in [0.1, 0.15) is 12.1 Å². The van der Waals surface area contributed by atoms with Gasteiger partial charge in [0, 0.05) is 35.8 Å². The first-order valence-electron chi connectivity index (χ1n) is 11.1. The number of hydrogen-bond acceptors (Lipinski definition) is 6. The van der Waals surface area contributed by atoms with E-state index in [0.29, 0.717) is 23.3 Å².